The van der Waals surface area contributed by atoms with E-state index >= 15 is 0 Å². The zero-order chi connectivity index (χ0) is 22.6. The molecular weight excluding hydrogens is 412 g/mol. The molecule has 0 fully saturated rings. The number of hydrogen-bond acceptors (Lipinski definition) is 4. The first kappa shape index (κ1) is 22.2. The fourth-order valence-electron chi connectivity index (χ4n) is 3.62. The number of nitrogens with one attached hydrogen (secondary N) is 1. The van der Waals surface area contributed by atoms with Gasteiger partial charge in [-0.05, 0) is 37.6 Å². The quantitative estimate of drug-likeness (QED) is 0.516. The van der Waals surface area contributed by atoms with Gasteiger partial charge in [0.15, 0.2) is 0 Å². The number of aryl methyl sites for hydroxylation is 1. The molecule has 7 heteroatoms. The van der Waals surface area contributed by atoms with Gasteiger partial charge >= 0.3 is 5.97 Å². The summed E-state index contributed by atoms with van der Waals surface area (Å²) < 4.78 is 28.7. The summed E-state index contributed by atoms with van der Waals surface area (Å²) in [5.41, 5.74) is 1.84. The first-order valence-electron chi connectivity index (χ1n) is 9.76. The molecule has 0 aromatic heterocycles. The van der Waals surface area contributed by atoms with Gasteiger partial charge in [-0.3, -0.25) is 9.52 Å². The van der Waals surface area contributed by atoms with Gasteiger partial charge < -0.3 is 10.0 Å². The van der Waals surface area contributed by atoms with Gasteiger partial charge in [-0.15, -0.1) is 6.42 Å². The third-order valence-electron chi connectivity index (χ3n) is 5.10. The van der Waals surface area contributed by atoms with Crippen LogP contribution in [-0.2, 0) is 14.8 Å². The number of carboxylic acids is 1. The molecular formula is C24H24N2O4S. The fraction of sp³-hybridized carbons (Fsp3) is 0.208. The highest BCUT2D eigenvalue weighted by molar-refractivity contribution is 7.92. The van der Waals surface area contributed by atoms with E-state index in [9.17, 15) is 18.3 Å². The number of carboxylic acid groups (broad SMARTS) is 1. The van der Waals surface area contributed by atoms with Crippen molar-refractivity contribution in [2.75, 3.05) is 16.2 Å². The smallest absolute Gasteiger partial charge is 0.305 e. The highest BCUT2D eigenvalue weighted by atomic mass is 32.2. The number of anilines is 2. The van der Waals surface area contributed by atoms with E-state index in [0.29, 0.717) is 16.6 Å². The number of hydrogen-bond donors (Lipinski definition) is 2. The minimum absolute atomic E-state index is 0.0718. The molecule has 0 saturated heterocycles. The highest BCUT2D eigenvalue weighted by Crippen LogP contribution is 2.34. The van der Waals surface area contributed by atoms with Crippen LogP contribution in [0.25, 0.3) is 10.8 Å². The van der Waals surface area contributed by atoms with E-state index in [2.05, 4.69) is 10.6 Å². The van der Waals surface area contributed by atoms with E-state index in [1.807, 2.05) is 29.2 Å². The van der Waals surface area contributed by atoms with Crippen LogP contribution in [0.1, 0.15) is 18.9 Å². The summed E-state index contributed by atoms with van der Waals surface area (Å²) in [6, 6.07) is 17.3. The van der Waals surface area contributed by atoms with Crippen LogP contribution in [0.2, 0.25) is 0 Å². The van der Waals surface area contributed by atoms with Crippen molar-refractivity contribution in [1.82, 2.24) is 0 Å². The molecule has 31 heavy (non-hydrogen) atoms. The number of carbonyl (C=O) groups is 1. The second kappa shape index (κ2) is 9.11. The minimum atomic E-state index is -3.78. The molecule has 3 aromatic carbocycles. The third kappa shape index (κ3) is 4.81. The lowest BCUT2D eigenvalue weighted by Crippen LogP contribution is -2.35. The Labute approximate surface area is 182 Å². The van der Waals surface area contributed by atoms with Gasteiger partial charge in [0.25, 0.3) is 10.0 Å². The van der Waals surface area contributed by atoms with Crippen LogP contribution in [0, 0.1) is 19.3 Å². The second-order valence-corrected chi connectivity index (χ2v) is 8.98. The Bertz CT molecular complexity index is 1260. The number of nitrogens with zero attached hydrogens (tertiary/aromatic N) is 1. The Hall–Kier alpha value is -3.50. The Morgan fingerprint density at radius 3 is 2.39 bits per heavy atom. The van der Waals surface area contributed by atoms with Crippen molar-refractivity contribution in [2.45, 2.75) is 31.2 Å². The van der Waals surface area contributed by atoms with Crippen molar-refractivity contribution in [3.8, 4) is 12.3 Å². The Morgan fingerprint density at radius 2 is 1.74 bits per heavy atom. The lowest BCUT2D eigenvalue weighted by atomic mass is 10.0. The largest absolute Gasteiger partial charge is 0.481 e. The summed E-state index contributed by atoms with van der Waals surface area (Å²) in [6.07, 6.45) is 5.47. The topological polar surface area (TPSA) is 86.7 Å². The highest BCUT2D eigenvalue weighted by Gasteiger charge is 2.22. The van der Waals surface area contributed by atoms with Crippen LogP contribution in [0.5, 0.6) is 0 Å². The second-order valence-electron chi connectivity index (χ2n) is 7.33. The Kier molecular flexibility index (Phi) is 6.52. The van der Waals surface area contributed by atoms with Gasteiger partial charge in [-0.25, -0.2) is 8.42 Å². The monoisotopic (exact) mass is 436 g/mol. The van der Waals surface area contributed by atoms with Gasteiger partial charge in [-0.2, -0.15) is 0 Å². The number of benzene rings is 3. The predicted molar refractivity (Wildman–Crippen MR) is 124 cm³/mol. The maximum absolute atomic E-state index is 13.0. The molecule has 0 radical (unpaired) electrons. The molecule has 0 unspecified atom stereocenters. The number of rotatable bonds is 8. The maximum atomic E-state index is 13.0. The molecule has 0 amide bonds. The zero-order valence-corrected chi connectivity index (χ0v) is 18.2. The Morgan fingerprint density at radius 1 is 1.10 bits per heavy atom. The lowest BCUT2D eigenvalue weighted by molar-refractivity contribution is -0.137. The number of fused-ring (bicyclic) bond motifs is 1. The first-order valence-corrected chi connectivity index (χ1v) is 11.2. The summed E-state index contributed by atoms with van der Waals surface area (Å²) in [6.45, 7) is 3.78. The number of sulfonamides is 1. The molecule has 0 heterocycles. The molecule has 0 aliphatic heterocycles. The van der Waals surface area contributed by atoms with Crippen LogP contribution in [0.4, 0.5) is 11.4 Å². The van der Waals surface area contributed by atoms with Crippen LogP contribution in [0.3, 0.4) is 0 Å². The van der Waals surface area contributed by atoms with Crippen molar-refractivity contribution >= 4 is 38.1 Å². The maximum Gasteiger partial charge on any atom is 0.305 e. The molecule has 3 rings (SSSR count). The summed E-state index contributed by atoms with van der Waals surface area (Å²) in [4.78, 5) is 13.3. The molecule has 6 nitrogen and oxygen atoms in total. The SMILES string of the molecule is C#CCN(c1ccc(NS(=O)(=O)c2ccccc2C)c2ccccc12)[C@@H](C)CC(=O)O. The van der Waals surface area contributed by atoms with Crippen molar-refractivity contribution in [2.24, 2.45) is 0 Å². The van der Waals surface area contributed by atoms with Gasteiger partial charge in [0.1, 0.15) is 0 Å². The Balaban J connectivity index is 2.09. The summed E-state index contributed by atoms with van der Waals surface area (Å²) in [5.74, 6) is 1.67. The summed E-state index contributed by atoms with van der Waals surface area (Å²) >= 11 is 0. The summed E-state index contributed by atoms with van der Waals surface area (Å²) in [5, 5.41) is 10.7. The first-order chi connectivity index (χ1) is 14.7. The van der Waals surface area contributed by atoms with Gasteiger partial charge in [0.05, 0.1) is 23.5 Å². The van der Waals surface area contributed by atoms with Crippen molar-refractivity contribution in [3.63, 3.8) is 0 Å². The van der Waals surface area contributed by atoms with Crippen LogP contribution in [-0.4, -0.2) is 32.1 Å². The zero-order valence-electron chi connectivity index (χ0n) is 17.4. The lowest BCUT2D eigenvalue weighted by Gasteiger charge is -2.30. The fourth-order valence-corrected chi connectivity index (χ4v) is 4.95. The van der Waals surface area contributed by atoms with E-state index in [1.54, 1.807) is 50.2 Å². The third-order valence-corrected chi connectivity index (χ3v) is 6.63. The van der Waals surface area contributed by atoms with Gasteiger partial charge in [0, 0.05) is 22.5 Å². The average molecular weight is 437 g/mol. The van der Waals surface area contributed by atoms with Crippen molar-refractivity contribution in [1.29, 1.82) is 0 Å². The molecule has 0 bridgehead atoms. The van der Waals surface area contributed by atoms with Crippen LogP contribution < -0.4 is 9.62 Å². The summed E-state index contributed by atoms with van der Waals surface area (Å²) in [7, 11) is -3.78. The average Bonchev–Trinajstić information content (AvgIpc) is 2.72. The van der Waals surface area contributed by atoms with Crippen LogP contribution in [0.15, 0.2) is 65.6 Å². The molecule has 2 N–H and O–H groups in total. The molecule has 0 aliphatic rings. The van der Waals surface area contributed by atoms with Crippen molar-refractivity contribution in [3.05, 3.63) is 66.2 Å². The van der Waals surface area contributed by atoms with Gasteiger partial charge in [-0.1, -0.05) is 48.4 Å². The van der Waals surface area contributed by atoms with E-state index in [1.165, 1.54) is 0 Å². The molecule has 1 atom stereocenters. The predicted octanol–water partition coefficient (Wildman–Crippen LogP) is 4.25. The molecule has 0 spiro atoms. The van der Waals surface area contributed by atoms with E-state index in [-0.39, 0.29) is 23.9 Å². The van der Waals surface area contributed by atoms with E-state index < -0.39 is 16.0 Å². The molecule has 0 aliphatic carbocycles. The van der Waals surface area contributed by atoms with Gasteiger partial charge in [0.2, 0.25) is 0 Å². The van der Waals surface area contributed by atoms with E-state index in [0.717, 1.165) is 11.1 Å². The standard InChI is InChI=1S/C24H24N2O4S/c1-4-15-26(18(3)16-24(27)28)22-14-13-21(19-10-6-7-11-20(19)22)25-31(29,30)23-12-8-5-9-17(23)2/h1,5-14,18,25H,15-16H2,2-3H3,(H,27,28)/t18-/m0/s1. The van der Waals surface area contributed by atoms with Crippen molar-refractivity contribution < 1.29 is 18.3 Å². The molecule has 0 saturated carbocycles. The molecule has 160 valence electrons. The minimum Gasteiger partial charge on any atom is -0.481 e. The number of aliphatic carboxylic acids is 1. The number of terminal acetylenes is 1. The van der Waals surface area contributed by atoms with E-state index in [4.69, 9.17) is 6.42 Å². The van der Waals surface area contributed by atoms with Crippen LogP contribution >= 0.6 is 0 Å². The molecule has 3 aromatic rings. The normalized spacial score (nSPS) is 12.2.